The number of rotatable bonds is 5. The van der Waals surface area contributed by atoms with Gasteiger partial charge in [-0.05, 0) is 25.8 Å². The normalized spacial score (nSPS) is 20.9. The van der Waals surface area contributed by atoms with Crippen molar-refractivity contribution in [3.63, 3.8) is 0 Å². The number of alkyl halides is 1. The topological polar surface area (TPSA) is 77.7 Å². The fourth-order valence-electron chi connectivity index (χ4n) is 2.92. The Labute approximate surface area is 144 Å². The molecule has 6 nitrogen and oxygen atoms in total. The number of anilines is 1. The molecule has 0 aromatic carbocycles. The van der Waals surface area contributed by atoms with Crippen LogP contribution >= 0.6 is 11.3 Å². The first-order valence-electron chi connectivity index (χ1n) is 7.82. The zero-order chi connectivity index (χ0) is 17.1. The highest BCUT2D eigenvalue weighted by Gasteiger charge is 2.32. The van der Waals surface area contributed by atoms with E-state index in [0.717, 1.165) is 16.3 Å². The molecule has 1 aliphatic heterocycles. The minimum Gasteiger partial charge on any atom is -0.366 e. The van der Waals surface area contributed by atoms with Gasteiger partial charge in [0.1, 0.15) is 22.8 Å². The molecule has 0 unspecified atom stereocenters. The highest BCUT2D eigenvalue weighted by molar-refractivity contribution is 7.09. The Morgan fingerprint density at radius 3 is 3.00 bits per heavy atom. The van der Waals surface area contributed by atoms with Crippen molar-refractivity contribution in [3.05, 3.63) is 33.4 Å². The van der Waals surface area contributed by atoms with E-state index >= 15 is 0 Å². The molecule has 8 heteroatoms. The Bertz CT molecular complexity index is 742. The second-order valence-corrected chi connectivity index (χ2v) is 6.95. The van der Waals surface area contributed by atoms with Crippen molar-refractivity contribution in [2.75, 3.05) is 18.4 Å². The van der Waals surface area contributed by atoms with E-state index in [1.807, 2.05) is 19.2 Å². The maximum Gasteiger partial charge on any atom is 0.166 e. The number of aryl methyl sites for hydroxylation is 1. The maximum absolute atomic E-state index is 13.9. The number of nitriles is 1. The average Bonchev–Trinajstić information content (AvgIpc) is 3.18. The second-order valence-electron chi connectivity index (χ2n) is 5.97. The second kappa shape index (κ2) is 7.20. The third-order valence-corrected chi connectivity index (χ3v) is 5.13. The number of thiazole rings is 1. The molecule has 1 aliphatic rings. The van der Waals surface area contributed by atoms with Crippen LogP contribution in [0.15, 0.2) is 11.6 Å². The Morgan fingerprint density at radius 2 is 2.29 bits per heavy atom. The Balaban J connectivity index is 1.69. The molecule has 3 rings (SSSR count). The van der Waals surface area contributed by atoms with E-state index in [4.69, 9.17) is 0 Å². The van der Waals surface area contributed by atoms with Crippen molar-refractivity contribution in [3.8, 4) is 6.07 Å². The van der Waals surface area contributed by atoms with Crippen molar-refractivity contribution in [1.29, 1.82) is 5.26 Å². The lowest BCUT2D eigenvalue weighted by molar-refractivity contribution is 0.241. The van der Waals surface area contributed by atoms with Crippen LogP contribution in [0.4, 0.5) is 10.2 Å². The van der Waals surface area contributed by atoms with E-state index in [2.05, 4.69) is 31.5 Å². The minimum atomic E-state index is -0.835. The summed E-state index contributed by atoms with van der Waals surface area (Å²) in [6, 6.07) is 2.22. The number of nitrogens with zero attached hydrogens (tertiary/aromatic N) is 5. The van der Waals surface area contributed by atoms with Crippen LogP contribution in [-0.4, -0.2) is 45.4 Å². The van der Waals surface area contributed by atoms with Gasteiger partial charge in [0.25, 0.3) is 0 Å². The molecule has 126 valence electrons. The molecule has 0 saturated carbocycles. The highest BCUT2D eigenvalue weighted by Crippen LogP contribution is 2.24. The molecule has 2 atom stereocenters. The van der Waals surface area contributed by atoms with E-state index < -0.39 is 6.17 Å². The quantitative estimate of drug-likeness (QED) is 0.896. The summed E-state index contributed by atoms with van der Waals surface area (Å²) in [6.07, 6.45) is 1.40. The van der Waals surface area contributed by atoms with E-state index in [0.29, 0.717) is 37.4 Å². The van der Waals surface area contributed by atoms with Crippen LogP contribution in [-0.2, 0) is 6.54 Å². The summed E-state index contributed by atoms with van der Waals surface area (Å²) in [6.45, 7) is 5.27. The maximum atomic E-state index is 13.9. The van der Waals surface area contributed by atoms with Crippen LogP contribution in [0.2, 0.25) is 0 Å². The number of hydrogen-bond donors (Lipinski definition) is 1. The molecular formula is C16H19FN6S. The highest BCUT2D eigenvalue weighted by atomic mass is 32.1. The van der Waals surface area contributed by atoms with Gasteiger partial charge in [-0.3, -0.25) is 4.90 Å². The number of nitrogens with one attached hydrogen (secondary N) is 1. The molecular weight excluding hydrogens is 327 g/mol. The standard InChI is InChI=1S/C16H19FN6S/c1-10-11(2)21-22-16(14(10)6-18)20-7-13-5-12(17)8-23(13)9-15-19-3-4-24-15/h3-4,12-13H,5,7-9H2,1-2H3,(H,20,22)/t12-,13-/m0/s1. The molecule has 2 aromatic heterocycles. The molecule has 1 fully saturated rings. The van der Waals surface area contributed by atoms with Crippen molar-refractivity contribution < 1.29 is 4.39 Å². The van der Waals surface area contributed by atoms with Crippen molar-refractivity contribution >= 4 is 17.2 Å². The van der Waals surface area contributed by atoms with Crippen molar-refractivity contribution in [2.45, 2.75) is 39.0 Å². The zero-order valence-electron chi connectivity index (χ0n) is 13.7. The predicted octanol–water partition coefficient (Wildman–Crippen LogP) is 2.45. The fraction of sp³-hybridized carbons (Fsp3) is 0.500. The summed E-state index contributed by atoms with van der Waals surface area (Å²) in [7, 11) is 0. The number of aromatic nitrogens is 3. The predicted molar refractivity (Wildman–Crippen MR) is 90.5 cm³/mol. The van der Waals surface area contributed by atoms with Crippen LogP contribution in [0.1, 0.15) is 28.2 Å². The molecule has 24 heavy (non-hydrogen) atoms. The van der Waals surface area contributed by atoms with Gasteiger partial charge >= 0.3 is 0 Å². The molecule has 0 spiro atoms. The van der Waals surface area contributed by atoms with Gasteiger partial charge in [-0.15, -0.1) is 16.4 Å². The van der Waals surface area contributed by atoms with Crippen LogP contribution < -0.4 is 5.32 Å². The Kier molecular flexibility index (Phi) is 5.02. The molecule has 1 saturated heterocycles. The molecule has 0 amide bonds. The van der Waals surface area contributed by atoms with Crippen LogP contribution in [0, 0.1) is 25.2 Å². The van der Waals surface area contributed by atoms with E-state index in [9.17, 15) is 9.65 Å². The molecule has 2 aromatic rings. The largest absolute Gasteiger partial charge is 0.366 e. The summed E-state index contributed by atoms with van der Waals surface area (Å²) in [5.41, 5.74) is 2.07. The van der Waals surface area contributed by atoms with Gasteiger partial charge in [0.15, 0.2) is 5.82 Å². The zero-order valence-corrected chi connectivity index (χ0v) is 14.5. The monoisotopic (exact) mass is 346 g/mol. The van der Waals surface area contributed by atoms with Crippen LogP contribution in [0.25, 0.3) is 0 Å². The third-order valence-electron chi connectivity index (χ3n) is 4.37. The number of halogens is 1. The lowest BCUT2D eigenvalue weighted by Crippen LogP contribution is -2.34. The summed E-state index contributed by atoms with van der Waals surface area (Å²) < 4.78 is 13.9. The average molecular weight is 346 g/mol. The van der Waals surface area contributed by atoms with Gasteiger partial charge in [-0.2, -0.15) is 10.4 Å². The van der Waals surface area contributed by atoms with Crippen LogP contribution in [0.3, 0.4) is 0 Å². The summed E-state index contributed by atoms with van der Waals surface area (Å²) >= 11 is 1.58. The molecule has 1 N–H and O–H groups in total. The van der Waals surface area contributed by atoms with Gasteiger partial charge in [-0.25, -0.2) is 9.37 Å². The van der Waals surface area contributed by atoms with Gasteiger partial charge < -0.3 is 5.32 Å². The number of hydrogen-bond acceptors (Lipinski definition) is 7. The summed E-state index contributed by atoms with van der Waals surface area (Å²) in [5.74, 6) is 0.470. The minimum absolute atomic E-state index is 0.0406. The molecule has 0 bridgehead atoms. The van der Waals surface area contributed by atoms with Gasteiger partial charge in [-0.1, -0.05) is 0 Å². The van der Waals surface area contributed by atoms with Crippen LogP contribution in [0.5, 0.6) is 0 Å². The van der Waals surface area contributed by atoms with Crippen molar-refractivity contribution in [2.24, 2.45) is 0 Å². The molecule has 0 radical (unpaired) electrons. The van der Waals surface area contributed by atoms with Crippen molar-refractivity contribution in [1.82, 2.24) is 20.1 Å². The van der Waals surface area contributed by atoms with Gasteiger partial charge in [0, 0.05) is 30.7 Å². The first kappa shape index (κ1) is 16.7. The van der Waals surface area contributed by atoms with Gasteiger partial charge in [0.05, 0.1) is 12.2 Å². The first-order chi connectivity index (χ1) is 11.6. The summed E-state index contributed by atoms with van der Waals surface area (Å²) in [4.78, 5) is 6.37. The third kappa shape index (κ3) is 3.52. The lowest BCUT2D eigenvalue weighted by Gasteiger charge is -2.23. The van der Waals surface area contributed by atoms with E-state index in [1.165, 1.54) is 0 Å². The Hall–Kier alpha value is -2.11. The smallest absolute Gasteiger partial charge is 0.166 e. The summed E-state index contributed by atoms with van der Waals surface area (Å²) in [5, 5.41) is 23.6. The van der Waals surface area contributed by atoms with Gasteiger partial charge in [0.2, 0.25) is 0 Å². The fourth-order valence-corrected chi connectivity index (χ4v) is 3.56. The Morgan fingerprint density at radius 1 is 1.46 bits per heavy atom. The molecule has 0 aliphatic carbocycles. The lowest BCUT2D eigenvalue weighted by atomic mass is 10.1. The first-order valence-corrected chi connectivity index (χ1v) is 8.70. The van der Waals surface area contributed by atoms with E-state index in [-0.39, 0.29) is 6.04 Å². The number of likely N-dealkylation sites (tertiary alicyclic amines) is 1. The van der Waals surface area contributed by atoms with E-state index in [1.54, 1.807) is 17.5 Å². The molecule has 3 heterocycles. The SMILES string of the molecule is Cc1nnc(NC[C@@H]2C[C@H](F)CN2Cc2nccs2)c(C#N)c1C.